The summed E-state index contributed by atoms with van der Waals surface area (Å²) in [5.74, 6) is 0. The molecule has 1 heterocycles. The smallest absolute Gasteiger partial charge is 0.175 e. The summed E-state index contributed by atoms with van der Waals surface area (Å²) >= 11 is 0. The molecule has 2 rings (SSSR count). The van der Waals surface area contributed by atoms with Crippen LogP contribution in [0.4, 0.5) is 5.69 Å². The minimum atomic E-state index is 0.811. The van der Waals surface area contributed by atoms with Gasteiger partial charge in [0.05, 0.1) is 0 Å². The van der Waals surface area contributed by atoms with E-state index in [2.05, 4.69) is 12.1 Å². The molecule has 0 unspecified atom stereocenters. The molecule has 1 aromatic rings. The van der Waals surface area contributed by atoms with Gasteiger partial charge < -0.3 is 5.73 Å². The molecule has 0 bridgehead atoms. The van der Waals surface area contributed by atoms with Crippen LogP contribution in [0, 0.1) is 0 Å². The fraction of sp³-hybridized carbons (Fsp3) is 0.400. The minimum absolute atomic E-state index is 0.811. The second-order valence-corrected chi connectivity index (χ2v) is 3.65. The van der Waals surface area contributed by atoms with Crippen LogP contribution < -0.4 is 11.2 Å². The van der Waals surface area contributed by atoms with Gasteiger partial charge in [-0.25, -0.2) is 0 Å². The molecule has 1 aliphatic heterocycles. The number of hydrogen-bond donors (Lipinski definition) is 1. The van der Waals surface area contributed by atoms with Crippen molar-refractivity contribution in [3.63, 3.8) is 0 Å². The van der Waals surface area contributed by atoms with Gasteiger partial charge in [0.15, 0.2) is 6.71 Å². The SMILES string of the molecule is Nc1ccc(B2CCCC2)cc1. The summed E-state index contributed by atoms with van der Waals surface area (Å²) in [6.07, 6.45) is 5.53. The quantitative estimate of drug-likeness (QED) is 0.490. The van der Waals surface area contributed by atoms with Crippen molar-refractivity contribution in [2.45, 2.75) is 25.5 Å². The molecule has 0 aliphatic carbocycles. The fourth-order valence-electron chi connectivity index (χ4n) is 2.03. The molecular weight excluding hydrogens is 145 g/mol. The normalized spacial score (nSPS) is 16.8. The third-order valence-corrected chi connectivity index (χ3v) is 2.76. The van der Waals surface area contributed by atoms with E-state index in [0.29, 0.717) is 0 Å². The Balaban J connectivity index is 2.17. The van der Waals surface area contributed by atoms with Gasteiger partial charge in [-0.05, 0) is 12.1 Å². The van der Waals surface area contributed by atoms with Crippen LogP contribution in [0.1, 0.15) is 12.8 Å². The van der Waals surface area contributed by atoms with Crippen molar-refractivity contribution in [2.24, 2.45) is 0 Å². The molecule has 1 fully saturated rings. The van der Waals surface area contributed by atoms with E-state index in [4.69, 9.17) is 5.73 Å². The molecule has 2 N–H and O–H groups in total. The van der Waals surface area contributed by atoms with Crippen LogP contribution in [0.3, 0.4) is 0 Å². The summed E-state index contributed by atoms with van der Waals surface area (Å²) in [7, 11) is 0. The lowest BCUT2D eigenvalue weighted by Gasteiger charge is -2.05. The van der Waals surface area contributed by atoms with E-state index in [1.165, 1.54) is 30.9 Å². The first kappa shape index (κ1) is 7.72. The largest absolute Gasteiger partial charge is 0.399 e. The summed E-state index contributed by atoms with van der Waals surface area (Å²) in [6.45, 7) is 0.811. The van der Waals surface area contributed by atoms with Gasteiger partial charge in [-0.2, -0.15) is 0 Å². The zero-order chi connectivity index (χ0) is 8.39. The van der Waals surface area contributed by atoms with Gasteiger partial charge in [0.25, 0.3) is 0 Å². The molecule has 0 atom stereocenters. The van der Waals surface area contributed by atoms with Crippen molar-refractivity contribution >= 4 is 17.9 Å². The second kappa shape index (κ2) is 3.22. The maximum Gasteiger partial charge on any atom is 0.175 e. The van der Waals surface area contributed by atoms with Crippen molar-refractivity contribution in [3.8, 4) is 0 Å². The standard InChI is InChI=1S/C10H14BN/c12-10-5-3-9(4-6-10)11-7-1-2-8-11/h3-6H,1-2,7-8,12H2. The molecule has 12 heavy (non-hydrogen) atoms. The lowest BCUT2D eigenvalue weighted by molar-refractivity contribution is 0.935. The van der Waals surface area contributed by atoms with Gasteiger partial charge in [0, 0.05) is 5.69 Å². The topological polar surface area (TPSA) is 26.0 Å². The molecule has 2 heteroatoms. The predicted molar refractivity (Wildman–Crippen MR) is 55.1 cm³/mol. The first-order valence-electron chi connectivity index (χ1n) is 4.72. The number of rotatable bonds is 1. The molecule has 0 radical (unpaired) electrons. The number of hydrogen-bond acceptors (Lipinski definition) is 1. The van der Waals surface area contributed by atoms with Gasteiger partial charge in [-0.15, -0.1) is 0 Å². The molecule has 1 aromatic carbocycles. The average Bonchev–Trinajstić information content (AvgIpc) is 2.58. The Bertz CT molecular complexity index is 249. The van der Waals surface area contributed by atoms with Crippen LogP contribution in [0.2, 0.25) is 12.6 Å². The molecule has 1 nitrogen and oxygen atoms in total. The summed E-state index contributed by atoms with van der Waals surface area (Å²) in [5.41, 5.74) is 7.97. The van der Waals surface area contributed by atoms with Crippen LogP contribution >= 0.6 is 0 Å². The average molecular weight is 159 g/mol. The van der Waals surface area contributed by atoms with Gasteiger partial charge in [0.2, 0.25) is 0 Å². The van der Waals surface area contributed by atoms with E-state index in [-0.39, 0.29) is 0 Å². The highest BCUT2D eigenvalue weighted by molar-refractivity contribution is 6.73. The highest BCUT2D eigenvalue weighted by atomic mass is 14.5. The Kier molecular flexibility index (Phi) is 2.07. The molecule has 1 aliphatic rings. The Hall–Kier alpha value is -0.915. The molecule has 0 aromatic heterocycles. The molecular formula is C10H14BN. The Morgan fingerprint density at radius 1 is 1.00 bits per heavy atom. The maximum absolute atomic E-state index is 5.63. The number of nitrogen functional groups attached to an aromatic ring is 1. The zero-order valence-corrected chi connectivity index (χ0v) is 7.29. The Labute approximate surface area is 74.0 Å². The molecule has 0 spiro atoms. The Morgan fingerprint density at radius 2 is 1.58 bits per heavy atom. The van der Waals surface area contributed by atoms with E-state index < -0.39 is 0 Å². The van der Waals surface area contributed by atoms with Gasteiger partial charge in [0.1, 0.15) is 0 Å². The van der Waals surface area contributed by atoms with Crippen LogP contribution in [-0.4, -0.2) is 6.71 Å². The first-order valence-corrected chi connectivity index (χ1v) is 4.72. The van der Waals surface area contributed by atoms with Crippen LogP contribution in [0.5, 0.6) is 0 Å². The van der Waals surface area contributed by atoms with Crippen molar-refractivity contribution in [2.75, 3.05) is 5.73 Å². The molecule has 0 saturated carbocycles. The van der Waals surface area contributed by atoms with Crippen LogP contribution in [0.25, 0.3) is 0 Å². The summed E-state index contributed by atoms with van der Waals surface area (Å²) < 4.78 is 0. The molecule has 1 saturated heterocycles. The van der Waals surface area contributed by atoms with E-state index in [1.54, 1.807) is 0 Å². The first-order chi connectivity index (χ1) is 5.86. The molecule has 62 valence electrons. The van der Waals surface area contributed by atoms with Crippen molar-refractivity contribution < 1.29 is 0 Å². The van der Waals surface area contributed by atoms with Crippen molar-refractivity contribution in [3.05, 3.63) is 24.3 Å². The zero-order valence-electron chi connectivity index (χ0n) is 7.29. The van der Waals surface area contributed by atoms with Gasteiger partial charge in [-0.1, -0.05) is 43.1 Å². The van der Waals surface area contributed by atoms with E-state index in [9.17, 15) is 0 Å². The monoisotopic (exact) mass is 159 g/mol. The van der Waals surface area contributed by atoms with Crippen molar-refractivity contribution in [1.29, 1.82) is 0 Å². The van der Waals surface area contributed by atoms with Crippen LogP contribution in [0.15, 0.2) is 24.3 Å². The maximum atomic E-state index is 5.63. The predicted octanol–water partition coefficient (Wildman–Crippen LogP) is 1.76. The highest BCUT2D eigenvalue weighted by Crippen LogP contribution is 2.19. The highest BCUT2D eigenvalue weighted by Gasteiger charge is 2.20. The second-order valence-electron chi connectivity index (χ2n) is 3.65. The number of anilines is 1. The van der Waals surface area contributed by atoms with Crippen LogP contribution in [-0.2, 0) is 0 Å². The van der Waals surface area contributed by atoms with Gasteiger partial charge in [-0.3, -0.25) is 0 Å². The van der Waals surface area contributed by atoms with E-state index in [1.807, 2.05) is 12.1 Å². The lowest BCUT2D eigenvalue weighted by atomic mass is 9.44. The summed E-state index contributed by atoms with van der Waals surface area (Å²) in [5, 5.41) is 0. The van der Waals surface area contributed by atoms with E-state index in [0.717, 1.165) is 12.4 Å². The number of benzene rings is 1. The third-order valence-electron chi connectivity index (χ3n) is 2.76. The Morgan fingerprint density at radius 3 is 2.17 bits per heavy atom. The van der Waals surface area contributed by atoms with Crippen molar-refractivity contribution in [1.82, 2.24) is 0 Å². The summed E-state index contributed by atoms with van der Waals surface area (Å²) in [6, 6.07) is 8.36. The van der Waals surface area contributed by atoms with Gasteiger partial charge >= 0.3 is 0 Å². The molecule has 0 amide bonds. The summed E-state index contributed by atoms with van der Waals surface area (Å²) in [4.78, 5) is 0. The lowest BCUT2D eigenvalue weighted by Crippen LogP contribution is -2.25. The fourth-order valence-corrected chi connectivity index (χ4v) is 2.03. The van der Waals surface area contributed by atoms with E-state index >= 15 is 0 Å². The number of nitrogens with two attached hydrogens (primary N) is 1. The third kappa shape index (κ3) is 1.47. The minimum Gasteiger partial charge on any atom is -0.399 e.